The molecule has 1 rings (SSSR count). The van der Waals surface area contributed by atoms with Gasteiger partial charge in [0, 0.05) is 0 Å². The molecule has 0 fully saturated rings. The Morgan fingerprint density at radius 1 is 1.50 bits per heavy atom. The SMILES string of the molecule is C[CH2][Hf][C]1=CC=CC1.Cl.Cl. The summed E-state index contributed by atoms with van der Waals surface area (Å²) < 4.78 is 3.26. The summed E-state index contributed by atoms with van der Waals surface area (Å²) in [6, 6.07) is 0. The molecular formula is C7H12Cl2Hf. The van der Waals surface area contributed by atoms with E-state index in [0.717, 1.165) is 0 Å². The quantitative estimate of drug-likeness (QED) is 0.674. The molecular weight excluding hydrogens is 333 g/mol. The summed E-state index contributed by atoms with van der Waals surface area (Å²) in [7, 11) is 0. The monoisotopic (exact) mass is 346 g/mol. The summed E-state index contributed by atoms with van der Waals surface area (Å²) in [6.45, 7) is 2.31. The van der Waals surface area contributed by atoms with Crippen molar-refractivity contribution in [1.29, 1.82) is 0 Å². The maximum atomic E-state index is 2.31. The van der Waals surface area contributed by atoms with Crippen LogP contribution in [0.4, 0.5) is 0 Å². The van der Waals surface area contributed by atoms with Crippen molar-refractivity contribution in [3.05, 3.63) is 21.6 Å². The average molecular weight is 346 g/mol. The molecule has 0 saturated carbocycles. The van der Waals surface area contributed by atoms with Crippen LogP contribution in [-0.2, 0) is 22.9 Å². The smallest absolute Gasteiger partial charge is 0.147 e. The molecule has 1 aliphatic carbocycles. The third-order valence-electron chi connectivity index (χ3n) is 1.18. The molecule has 0 aliphatic heterocycles. The molecule has 0 bridgehead atoms. The van der Waals surface area contributed by atoms with Gasteiger partial charge in [-0.05, 0) is 0 Å². The van der Waals surface area contributed by atoms with Crippen molar-refractivity contribution in [3.8, 4) is 0 Å². The molecule has 58 valence electrons. The van der Waals surface area contributed by atoms with Crippen molar-refractivity contribution in [2.75, 3.05) is 0 Å². The van der Waals surface area contributed by atoms with Crippen molar-refractivity contribution in [2.24, 2.45) is 0 Å². The van der Waals surface area contributed by atoms with Gasteiger partial charge in [0.2, 0.25) is 0 Å². The van der Waals surface area contributed by atoms with E-state index in [1.54, 1.807) is 3.33 Å². The molecule has 0 aromatic carbocycles. The molecule has 0 spiro atoms. The second kappa shape index (κ2) is 8.03. The van der Waals surface area contributed by atoms with E-state index >= 15 is 0 Å². The van der Waals surface area contributed by atoms with Crippen LogP contribution in [0.1, 0.15) is 13.3 Å². The van der Waals surface area contributed by atoms with Crippen LogP contribution >= 0.6 is 24.8 Å². The molecule has 0 aromatic heterocycles. The summed E-state index contributed by atoms with van der Waals surface area (Å²) in [4.78, 5) is 0. The molecule has 0 saturated heterocycles. The molecule has 0 atom stereocenters. The third-order valence-corrected chi connectivity index (χ3v) is 5.41. The number of rotatable bonds is 2. The van der Waals surface area contributed by atoms with Crippen molar-refractivity contribution in [3.63, 3.8) is 0 Å². The predicted octanol–water partition coefficient (Wildman–Crippen LogP) is 3.19. The average Bonchev–Trinajstić information content (AvgIpc) is 2.19. The van der Waals surface area contributed by atoms with E-state index in [9.17, 15) is 0 Å². The van der Waals surface area contributed by atoms with Gasteiger partial charge in [-0.1, -0.05) is 0 Å². The Morgan fingerprint density at radius 2 is 2.20 bits per heavy atom. The molecule has 0 nitrogen and oxygen atoms in total. The van der Waals surface area contributed by atoms with Crippen molar-refractivity contribution < 1.29 is 22.9 Å². The molecule has 10 heavy (non-hydrogen) atoms. The standard InChI is InChI=1S/C5H5.C2H5.2ClH.Hf/c1-2-4-5-3-1;1-2;;;/h1-3H,4H2;1H2,2H3;2*1H;. The Bertz CT molecular complexity index is 130. The zero-order chi connectivity index (χ0) is 5.82. The molecule has 0 N–H and O–H groups in total. The Hall–Kier alpha value is 0.930. The van der Waals surface area contributed by atoms with Crippen LogP contribution in [0, 0.1) is 0 Å². The summed E-state index contributed by atoms with van der Waals surface area (Å²) in [6.07, 6.45) is 8.06. The van der Waals surface area contributed by atoms with E-state index in [4.69, 9.17) is 0 Å². The van der Waals surface area contributed by atoms with Crippen LogP contribution in [0.3, 0.4) is 0 Å². The second-order valence-corrected chi connectivity index (χ2v) is 7.97. The summed E-state index contributed by atoms with van der Waals surface area (Å²) in [5.41, 5.74) is 0. The zero-order valence-corrected chi connectivity index (χ0v) is 11.2. The van der Waals surface area contributed by atoms with E-state index in [2.05, 4.69) is 25.2 Å². The van der Waals surface area contributed by atoms with E-state index in [-0.39, 0.29) is 47.7 Å². The minimum Gasteiger partial charge on any atom is -0.147 e. The Labute approximate surface area is 86.3 Å². The van der Waals surface area contributed by atoms with E-state index in [1.165, 1.54) is 10.6 Å². The van der Waals surface area contributed by atoms with E-state index in [0.29, 0.717) is 0 Å². The van der Waals surface area contributed by atoms with Gasteiger partial charge in [0.05, 0.1) is 0 Å². The van der Waals surface area contributed by atoms with Gasteiger partial charge in [-0.15, -0.1) is 24.8 Å². The zero-order valence-electron chi connectivity index (χ0n) is 5.96. The van der Waals surface area contributed by atoms with Gasteiger partial charge in [0.15, 0.2) is 0 Å². The number of allylic oxidation sites excluding steroid dienone is 4. The van der Waals surface area contributed by atoms with Crippen LogP contribution in [0.5, 0.6) is 0 Å². The number of hydrogen-bond acceptors (Lipinski definition) is 0. The van der Waals surface area contributed by atoms with Gasteiger partial charge in [-0.2, -0.15) is 0 Å². The van der Waals surface area contributed by atoms with Gasteiger partial charge in [0.1, 0.15) is 0 Å². The Balaban J connectivity index is 0. The van der Waals surface area contributed by atoms with Gasteiger partial charge in [-0.25, -0.2) is 0 Å². The minimum atomic E-state index is -0.238. The van der Waals surface area contributed by atoms with Crippen molar-refractivity contribution in [1.82, 2.24) is 0 Å². The molecule has 0 amide bonds. The van der Waals surface area contributed by atoms with Crippen LogP contribution in [-0.4, -0.2) is 0 Å². The fourth-order valence-corrected chi connectivity index (χ4v) is 4.15. The summed E-state index contributed by atoms with van der Waals surface area (Å²) in [5, 5.41) is 0. The fraction of sp³-hybridized carbons (Fsp3) is 0.429. The molecule has 0 radical (unpaired) electrons. The maximum Gasteiger partial charge on any atom is -0.147 e. The summed E-state index contributed by atoms with van der Waals surface area (Å²) >= 11 is -0.238. The summed E-state index contributed by atoms with van der Waals surface area (Å²) in [5.74, 6) is 0. The molecule has 3 heteroatoms. The van der Waals surface area contributed by atoms with Gasteiger partial charge in [0.25, 0.3) is 0 Å². The molecule has 0 unspecified atom stereocenters. The molecule has 1 aliphatic rings. The van der Waals surface area contributed by atoms with Crippen LogP contribution in [0.15, 0.2) is 21.6 Å². The fourth-order valence-electron chi connectivity index (χ4n) is 0.805. The van der Waals surface area contributed by atoms with Gasteiger partial charge >= 0.3 is 62.0 Å². The van der Waals surface area contributed by atoms with Crippen LogP contribution in [0.2, 0.25) is 4.18 Å². The van der Waals surface area contributed by atoms with E-state index < -0.39 is 0 Å². The first kappa shape index (κ1) is 13.5. The van der Waals surface area contributed by atoms with Crippen molar-refractivity contribution in [2.45, 2.75) is 17.5 Å². The minimum absolute atomic E-state index is 0. The van der Waals surface area contributed by atoms with Crippen LogP contribution < -0.4 is 0 Å². The predicted molar refractivity (Wildman–Crippen MR) is 46.8 cm³/mol. The second-order valence-electron chi connectivity index (χ2n) is 1.85. The van der Waals surface area contributed by atoms with Crippen molar-refractivity contribution >= 4 is 24.8 Å². The molecule has 0 aromatic rings. The van der Waals surface area contributed by atoms with Crippen LogP contribution in [0.25, 0.3) is 0 Å². The first-order valence-electron chi connectivity index (χ1n) is 3.03. The first-order valence-corrected chi connectivity index (χ1v) is 7.36. The Morgan fingerprint density at radius 3 is 2.60 bits per heavy atom. The topological polar surface area (TPSA) is 0 Å². The van der Waals surface area contributed by atoms with Gasteiger partial charge in [-0.3, -0.25) is 0 Å². The Kier molecular flexibility index (Phi) is 10.9. The largest absolute Gasteiger partial charge is 0.147 e. The first-order chi connectivity index (χ1) is 3.93. The maximum absolute atomic E-state index is 2.31. The number of hydrogen-bond donors (Lipinski definition) is 0. The molecule has 0 heterocycles. The number of halogens is 2. The van der Waals surface area contributed by atoms with E-state index in [1.807, 2.05) is 0 Å². The normalized spacial score (nSPS) is 13.1. The van der Waals surface area contributed by atoms with Gasteiger partial charge < -0.3 is 0 Å². The third kappa shape index (κ3) is 4.70.